The van der Waals surface area contributed by atoms with E-state index in [1.807, 2.05) is 13.8 Å². The van der Waals surface area contributed by atoms with Crippen LogP contribution in [0.2, 0.25) is 15.1 Å². The first kappa shape index (κ1) is 33.7. The van der Waals surface area contributed by atoms with Gasteiger partial charge in [0.1, 0.15) is 12.6 Å². The molecule has 3 aromatic rings. The van der Waals surface area contributed by atoms with Crippen LogP contribution in [0.25, 0.3) is 0 Å². The molecule has 0 radical (unpaired) electrons. The average molecular weight is 653 g/mol. The zero-order valence-corrected chi connectivity index (χ0v) is 27.2. The van der Waals surface area contributed by atoms with Gasteiger partial charge in [-0.3, -0.25) is 13.9 Å². The number of carbonyl (C=O) groups is 2. The Bertz CT molecular complexity index is 1510. The molecule has 0 saturated heterocycles. The summed E-state index contributed by atoms with van der Waals surface area (Å²) in [5.41, 5.74) is 2.42. The number of aryl methyl sites for hydroxylation is 2. The lowest BCUT2D eigenvalue weighted by Crippen LogP contribution is -2.52. The molecule has 1 unspecified atom stereocenters. The van der Waals surface area contributed by atoms with E-state index in [1.165, 1.54) is 23.1 Å². The summed E-state index contributed by atoms with van der Waals surface area (Å²) in [6, 6.07) is 15.4. The van der Waals surface area contributed by atoms with Crippen LogP contribution in [0.1, 0.15) is 49.8 Å². The van der Waals surface area contributed by atoms with Crippen molar-refractivity contribution in [2.75, 3.05) is 17.4 Å². The molecule has 11 heteroatoms. The van der Waals surface area contributed by atoms with E-state index in [0.717, 1.165) is 22.7 Å². The number of sulfonamides is 1. The second kappa shape index (κ2) is 15.1. The van der Waals surface area contributed by atoms with E-state index in [9.17, 15) is 18.0 Å². The summed E-state index contributed by atoms with van der Waals surface area (Å²) in [6.45, 7) is 7.36. The highest BCUT2D eigenvalue weighted by Gasteiger charge is 2.34. The quantitative estimate of drug-likeness (QED) is 0.198. The normalized spacial score (nSPS) is 12.1. The highest BCUT2D eigenvalue weighted by molar-refractivity contribution is 7.92. The molecule has 226 valence electrons. The first-order valence-electron chi connectivity index (χ1n) is 13.8. The molecular formula is C31H36Cl3N3O4S. The maximum absolute atomic E-state index is 14.2. The summed E-state index contributed by atoms with van der Waals surface area (Å²) in [5, 5.41) is 3.89. The van der Waals surface area contributed by atoms with Crippen LogP contribution in [-0.2, 0) is 26.2 Å². The van der Waals surface area contributed by atoms with Crippen LogP contribution in [0.15, 0.2) is 65.6 Å². The molecule has 0 aromatic heterocycles. The van der Waals surface area contributed by atoms with Gasteiger partial charge in [0.25, 0.3) is 10.0 Å². The number of nitrogens with zero attached hydrogens (tertiary/aromatic N) is 2. The number of nitrogens with one attached hydrogen (secondary N) is 1. The van der Waals surface area contributed by atoms with Gasteiger partial charge in [0, 0.05) is 18.1 Å². The third kappa shape index (κ3) is 8.40. The third-order valence-corrected chi connectivity index (χ3v) is 9.63. The van der Waals surface area contributed by atoms with E-state index in [1.54, 1.807) is 56.3 Å². The fraction of sp³-hybridized carbons (Fsp3) is 0.355. The SMILES string of the molecule is CCCCNC(=O)C(CC)N(Cc1ccc(Cl)c(Cl)c1)C(=O)CN(c1cc(Cl)ccc1C)S(=O)(=O)c1ccc(C)cc1. The third-order valence-electron chi connectivity index (χ3n) is 6.88. The topological polar surface area (TPSA) is 86.8 Å². The second-order valence-corrected chi connectivity index (χ2v) is 13.2. The molecule has 0 aliphatic rings. The first-order chi connectivity index (χ1) is 19.9. The molecule has 0 saturated carbocycles. The predicted molar refractivity (Wildman–Crippen MR) is 171 cm³/mol. The Morgan fingerprint density at radius 3 is 2.21 bits per heavy atom. The maximum Gasteiger partial charge on any atom is 0.264 e. The number of unbranched alkanes of at least 4 members (excludes halogenated alkanes) is 1. The molecule has 3 aromatic carbocycles. The number of anilines is 1. The Morgan fingerprint density at radius 2 is 1.60 bits per heavy atom. The number of rotatable bonds is 13. The Morgan fingerprint density at radius 1 is 0.905 bits per heavy atom. The summed E-state index contributed by atoms with van der Waals surface area (Å²) in [6.07, 6.45) is 2.00. The van der Waals surface area contributed by atoms with Gasteiger partial charge in [-0.15, -0.1) is 0 Å². The molecule has 0 bridgehead atoms. The average Bonchev–Trinajstić information content (AvgIpc) is 2.95. The van der Waals surface area contributed by atoms with E-state index in [2.05, 4.69) is 5.32 Å². The number of hydrogen-bond acceptors (Lipinski definition) is 4. The summed E-state index contributed by atoms with van der Waals surface area (Å²) in [5.74, 6) is -0.875. The second-order valence-electron chi connectivity index (χ2n) is 10.1. The summed E-state index contributed by atoms with van der Waals surface area (Å²) < 4.78 is 29.2. The molecule has 2 amide bonds. The standard InChI is InChI=1S/C31H36Cl3N3O4S/c1-5-7-16-35-31(39)28(6-2)36(19-23-11-15-26(33)27(34)17-23)30(38)20-37(29-18-24(32)12-10-22(29)4)42(40,41)25-13-8-21(3)9-14-25/h8-15,17-18,28H,5-7,16,19-20H2,1-4H3,(H,35,39). The van der Waals surface area contributed by atoms with Crippen LogP contribution >= 0.6 is 34.8 Å². The van der Waals surface area contributed by atoms with Gasteiger partial charge in [0.15, 0.2) is 0 Å². The van der Waals surface area contributed by atoms with Gasteiger partial charge < -0.3 is 10.2 Å². The van der Waals surface area contributed by atoms with Crippen LogP contribution in [0, 0.1) is 13.8 Å². The van der Waals surface area contributed by atoms with Crippen LogP contribution in [-0.4, -0.2) is 44.3 Å². The Labute approximate surface area is 263 Å². The largest absolute Gasteiger partial charge is 0.354 e. The van der Waals surface area contributed by atoms with Gasteiger partial charge in [0.05, 0.1) is 20.6 Å². The minimum absolute atomic E-state index is 0.0162. The highest BCUT2D eigenvalue weighted by atomic mass is 35.5. The fourth-order valence-corrected chi connectivity index (χ4v) is 6.42. The Kier molecular flexibility index (Phi) is 12.1. The van der Waals surface area contributed by atoms with Crippen molar-refractivity contribution in [1.82, 2.24) is 10.2 Å². The molecule has 42 heavy (non-hydrogen) atoms. The summed E-state index contributed by atoms with van der Waals surface area (Å²) >= 11 is 18.7. The minimum Gasteiger partial charge on any atom is -0.354 e. The van der Waals surface area contributed by atoms with Gasteiger partial charge >= 0.3 is 0 Å². The van der Waals surface area contributed by atoms with Gasteiger partial charge in [-0.05, 0) is 74.2 Å². The molecule has 1 atom stereocenters. The molecule has 0 fully saturated rings. The number of hydrogen-bond donors (Lipinski definition) is 1. The molecule has 1 N–H and O–H groups in total. The zero-order valence-electron chi connectivity index (χ0n) is 24.2. The highest BCUT2D eigenvalue weighted by Crippen LogP contribution is 2.30. The van der Waals surface area contributed by atoms with E-state index in [-0.39, 0.29) is 23.0 Å². The van der Waals surface area contributed by atoms with Crippen molar-refractivity contribution in [1.29, 1.82) is 0 Å². The van der Waals surface area contributed by atoms with Gasteiger partial charge in [0.2, 0.25) is 11.8 Å². The van der Waals surface area contributed by atoms with E-state index in [4.69, 9.17) is 34.8 Å². The van der Waals surface area contributed by atoms with Gasteiger partial charge in [-0.2, -0.15) is 0 Å². The lowest BCUT2D eigenvalue weighted by Gasteiger charge is -2.33. The van der Waals surface area contributed by atoms with Crippen molar-refractivity contribution in [3.63, 3.8) is 0 Å². The van der Waals surface area contributed by atoms with E-state index in [0.29, 0.717) is 39.2 Å². The molecule has 0 spiro atoms. The van der Waals surface area contributed by atoms with Crippen LogP contribution < -0.4 is 9.62 Å². The number of amides is 2. The van der Waals surface area contributed by atoms with Crippen LogP contribution in [0.5, 0.6) is 0 Å². The van der Waals surface area contributed by atoms with Gasteiger partial charge in [-0.1, -0.05) is 84.9 Å². The smallest absolute Gasteiger partial charge is 0.264 e. The molecule has 7 nitrogen and oxygen atoms in total. The molecular weight excluding hydrogens is 617 g/mol. The summed E-state index contributed by atoms with van der Waals surface area (Å²) in [7, 11) is -4.21. The maximum atomic E-state index is 14.2. The van der Waals surface area contributed by atoms with Crippen molar-refractivity contribution in [2.45, 2.75) is 64.4 Å². The predicted octanol–water partition coefficient (Wildman–Crippen LogP) is 7.18. The molecule has 0 heterocycles. The van der Waals surface area contributed by atoms with Crippen LogP contribution in [0.3, 0.4) is 0 Å². The lowest BCUT2D eigenvalue weighted by molar-refractivity contribution is -0.140. The number of carbonyl (C=O) groups excluding carboxylic acids is 2. The zero-order chi connectivity index (χ0) is 31.0. The van der Waals surface area contributed by atoms with Crippen molar-refractivity contribution >= 4 is 62.3 Å². The lowest BCUT2D eigenvalue weighted by atomic mass is 10.1. The fourth-order valence-electron chi connectivity index (χ4n) is 4.46. The van der Waals surface area contributed by atoms with Crippen LogP contribution in [0.4, 0.5) is 5.69 Å². The molecule has 0 aliphatic heterocycles. The molecule has 3 rings (SSSR count). The first-order valence-corrected chi connectivity index (χ1v) is 16.3. The van der Waals surface area contributed by atoms with E-state index < -0.39 is 28.5 Å². The van der Waals surface area contributed by atoms with Crippen molar-refractivity contribution in [2.24, 2.45) is 0 Å². The van der Waals surface area contributed by atoms with E-state index >= 15 is 0 Å². The van der Waals surface area contributed by atoms with Crippen molar-refractivity contribution in [3.05, 3.63) is 92.4 Å². The number of halogens is 3. The Hall–Kier alpha value is -2.78. The monoisotopic (exact) mass is 651 g/mol. The number of benzene rings is 3. The Balaban J connectivity index is 2.09. The van der Waals surface area contributed by atoms with Crippen molar-refractivity contribution in [3.8, 4) is 0 Å². The van der Waals surface area contributed by atoms with Gasteiger partial charge in [-0.25, -0.2) is 8.42 Å². The summed E-state index contributed by atoms with van der Waals surface area (Å²) in [4.78, 5) is 28.9. The van der Waals surface area contributed by atoms with Crippen molar-refractivity contribution < 1.29 is 18.0 Å². The molecule has 0 aliphatic carbocycles. The minimum atomic E-state index is -4.21.